The SMILES string of the molecule is COCCN1C(=O)C(=O)/C(=C(/O)c2ccc(OCc3ccccc3C)cc2)C1c1ccc(I)cc1. The fraction of sp³-hybridized carbons (Fsp3) is 0.214. The zero-order valence-corrected chi connectivity index (χ0v) is 21.7. The number of aliphatic hydroxyl groups is 1. The predicted molar refractivity (Wildman–Crippen MR) is 142 cm³/mol. The third-order valence-corrected chi connectivity index (χ3v) is 6.76. The highest BCUT2D eigenvalue weighted by Crippen LogP contribution is 2.39. The molecule has 6 nitrogen and oxygen atoms in total. The summed E-state index contributed by atoms with van der Waals surface area (Å²) < 4.78 is 12.1. The number of aryl methyl sites for hydroxylation is 1. The number of likely N-dealkylation sites (tertiary alicyclic amines) is 1. The van der Waals surface area contributed by atoms with Crippen molar-refractivity contribution in [3.05, 3.63) is 104 Å². The molecular weight excluding hydrogens is 557 g/mol. The van der Waals surface area contributed by atoms with Crippen molar-refractivity contribution in [2.75, 3.05) is 20.3 Å². The van der Waals surface area contributed by atoms with Crippen molar-refractivity contribution < 1.29 is 24.2 Å². The molecule has 1 aliphatic heterocycles. The molecule has 0 aliphatic carbocycles. The van der Waals surface area contributed by atoms with E-state index in [0.717, 1.165) is 20.3 Å². The van der Waals surface area contributed by atoms with Gasteiger partial charge in [-0.1, -0.05) is 36.4 Å². The Morgan fingerprint density at radius 3 is 2.34 bits per heavy atom. The van der Waals surface area contributed by atoms with E-state index in [2.05, 4.69) is 22.6 Å². The number of methoxy groups -OCH3 is 1. The van der Waals surface area contributed by atoms with Crippen LogP contribution in [0.2, 0.25) is 0 Å². The number of rotatable bonds is 8. The minimum absolute atomic E-state index is 0.0703. The van der Waals surface area contributed by atoms with E-state index in [-0.39, 0.29) is 24.5 Å². The molecule has 3 aromatic rings. The maximum absolute atomic E-state index is 13.0. The standard InChI is InChI=1S/C28H26INO5/c1-18-5-3-4-6-21(18)17-35-23-13-9-20(10-14-23)26(31)24-25(19-7-11-22(29)12-8-19)30(15-16-34-2)28(33)27(24)32/h3-14,25,31H,15-17H2,1-2H3/b26-24+. The normalized spacial score (nSPS) is 17.1. The summed E-state index contributed by atoms with van der Waals surface area (Å²) >= 11 is 2.20. The first-order chi connectivity index (χ1) is 16.9. The minimum atomic E-state index is -0.706. The second kappa shape index (κ2) is 11.0. The first-order valence-corrected chi connectivity index (χ1v) is 12.3. The number of amides is 1. The van der Waals surface area contributed by atoms with Gasteiger partial charge in [-0.25, -0.2) is 0 Å². The van der Waals surface area contributed by atoms with Gasteiger partial charge in [0, 0.05) is 22.8 Å². The molecule has 7 heteroatoms. The Kier molecular flexibility index (Phi) is 7.87. The summed E-state index contributed by atoms with van der Waals surface area (Å²) in [4.78, 5) is 27.3. The summed E-state index contributed by atoms with van der Waals surface area (Å²) in [5.74, 6) is -0.927. The van der Waals surface area contributed by atoms with E-state index in [4.69, 9.17) is 9.47 Å². The Hall–Kier alpha value is -3.17. The smallest absolute Gasteiger partial charge is 0.295 e. The lowest BCUT2D eigenvalue weighted by Gasteiger charge is -2.25. The molecular formula is C28H26INO5. The molecule has 0 spiro atoms. The molecule has 4 rings (SSSR count). The Morgan fingerprint density at radius 2 is 1.69 bits per heavy atom. The number of carbonyl (C=O) groups excluding carboxylic acids is 2. The highest BCUT2D eigenvalue weighted by atomic mass is 127. The van der Waals surface area contributed by atoms with Crippen molar-refractivity contribution in [1.29, 1.82) is 0 Å². The summed E-state index contributed by atoms with van der Waals surface area (Å²) in [5, 5.41) is 11.2. The molecule has 1 fully saturated rings. The Balaban J connectivity index is 1.64. The van der Waals surface area contributed by atoms with Crippen molar-refractivity contribution in [3.63, 3.8) is 0 Å². The van der Waals surface area contributed by atoms with Crippen LogP contribution in [0.15, 0.2) is 78.4 Å². The summed E-state index contributed by atoms with van der Waals surface area (Å²) in [5.41, 5.74) is 3.50. The average Bonchev–Trinajstić information content (AvgIpc) is 3.12. The van der Waals surface area contributed by atoms with Crippen LogP contribution in [-0.2, 0) is 20.9 Å². The predicted octanol–water partition coefficient (Wildman–Crippen LogP) is 5.25. The molecule has 0 radical (unpaired) electrons. The van der Waals surface area contributed by atoms with Crippen molar-refractivity contribution in [3.8, 4) is 5.75 Å². The van der Waals surface area contributed by atoms with Gasteiger partial charge in [-0.2, -0.15) is 0 Å². The van der Waals surface area contributed by atoms with E-state index < -0.39 is 17.7 Å². The summed E-state index contributed by atoms with van der Waals surface area (Å²) in [6.07, 6.45) is 0. The number of aliphatic hydroxyl groups excluding tert-OH is 1. The zero-order chi connectivity index (χ0) is 24.9. The molecule has 0 saturated carbocycles. The van der Waals surface area contributed by atoms with Crippen LogP contribution >= 0.6 is 22.6 Å². The molecule has 1 atom stereocenters. The van der Waals surface area contributed by atoms with Crippen LogP contribution in [0.1, 0.15) is 28.3 Å². The van der Waals surface area contributed by atoms with Crippen LogP contribution in [0.25, 0.3) is 5.76 Å². The molecule has 0 bridgehead atoms. The first kappa shape index (κ1) is 24.9. The largest absolute Gasteiger partial charge is 0.507 e. The third-order valence-electron chi connectivity index (χ3n) is 6.05. The molecule has 1 amide bonds. The molecule has 1 unspecified atom stereocenters. The number of hydrogen-bond acceptors (Lipinski definition) is 5. The number of ether oxygens (including phenoxy) is 2. The van der Waals surface area contributed by atoms with E-state index in [1.165, 1.54) is 4.90 Å². The van der Waals surface area contributed by atoms with Gasteiger partial charge in [0.2, 0.25) is 0 Å². The first-order valence-electron chi connectivity index (χ1n) is 11.2. The Bertz CT molecular complexity index is 1250. The minimum Gasteiger partial charge on any atom is -0.507 e. The quantitative estimate of drug-likeness (QED) is 0.170. The molecule has 35 heavy (non-hydrogen) atoms. The van der Waals surface area contributed by atoms with E-state index in [1.54, 1.807) is 31.4 Å². The maximum atomic E-state index is 13.0. The number of nitrogens with zero attached hydrogens (tertiary/aromatic N) is 1. The van der Waals surface area contributed by atoms with Crippen LogP contribution < -0.4 is 4.74 Å². The van der Waals surface area contributed by atoms with Gasteiger partial charge in [-0.05, 0) is 82.6 Å². The average molecular weight is 583 g/mol. The van der Waals surface area contributed by atoms with Crippen molar-refractivity contribution in [2.45, 2.75) is 19.6 Å². The highest BCUT2D eigenvalue weighted by Gasteiger charge is 2.45. The molecule has 1 saturated heterocycles. The van der Waals surface area contributed by atoms with Gasteiger partial charge in [-0.3, -0.25) is 9.59 Å². The van der Waals surface area contributed by atoms with Crippen LogP contribution in [0, 0.1) is 10.5 Å². The molecule has 1 aliphatic rings. The fourth-order valence-corrected chi connectivity index (χ4v) is 4.45. The Morgan fingerprint density at radius 1 is 1.00 bits per heavy atom. The summed E-state index contributed by atoms with van der Waals surface area (Å²) in [7, 11) is 1.54. The van der Waals surface area contributed by atoms with Gasteiger partial charge in [-0.15, -0.1) is 0 Å². The number of ketones is 1. The van der Waals surface area contributed by atoms with Gasteiger partial charge in [0.1, 0.15) is 18.1 Å². The monoisotopic (exact) mass is 583 g/mol. The van der Waals surface area contributed by atoms with Crippen molar-refractivity contribution in [2.24, 2.45) is 0 Å². The lowest BCUT2D eigenvalue weighted by atomic mass is 9.95. The van der Waals surface area contributed by atoms with E-state index in [0.29, 0.717) is 17.9 Å². The summed E-state index contributed by atoms with van der Waals surface area (Å²) in [6.45, 7) is 2.97. The number of carbonyl (C=O) groups is 2. The Labute approximate surface area is 218 Å². The van der Waals surface area contributed by atoms with E-state index in [9.17, 15) is 14.7 Å². The van der Waals surface area contributed by atoms with Crippen LogP contribution in [-0.4, -0.2) is 42.0 Å². The zero-order valence-electron chi connectivity index (χ0n) is 19.5. The lowest BCUT2D eigenvalue weighted by molar-refractivity contribution is -0.140. The van der Waals surface area contributed by atoms with Gasteiger partial charge in [0.05, 0.1) is 18.2 Å². The van der Waals surface area contributed by atoms with Crippen LogP contribution in [0.3, 0.4) is 0 Å². The highest BCUT2D eigenvalue weighted by molar-refractivity contribution is 14.1. The molecule has 1 heterocycles. The second-order valence-corrected chi connectivity index (χ2v) is 9.52. The van der Waals surface area contributed by atoms with E-state index in [1.807, 2.05) is 55.5 Å². The van der Waals surface area contributed by atoms with Gasteiger partial charge in [0.15, 0.2) is 0 Å². The van der Waals surface area contributed by atoms with Gasteiger partial charge < -0.3 is 19.5 Å². The van der Waals surface area contributed by atoms with Gasteiger partial charge >= 0.3 is 0 Å². The van der Waals surface area contributed by atoms with E-state index >= 15 is 0 Å². The summed E-state index contributed by atoms with van der Waals surface area (Å²) in [6, 6.07) is 21.7. The van der Waals surface area contributed by atoms with Crippen LogP contribution in [0.5, 0.6) is 5.75 Å². The number of halogens is 1. The molecule has 3 aromatic carbocycles. The van der Waals surface area contributed by atoms with Crippen LogP contribution in [0.4, 0.5) is 0 Å². The molecule has 1 N–H and O–H groups in total. The maximum Gasteiger partial charge on any atom is 0.295 e. The number of benzene rings is 3. The van der Waals surface area contributed by atoms with Crippen molar-refractivity contribution in [1.82, 2.24) is 4.90 Å². The lowest BCUT2D eigenvalue weighted by Crippen LogP contribution is -2.32. The van der Waals surface area contributed by atoms with Gasteiger partial charge in [0.25, 0.3) is 11.7 Å². The number of Topliss-reactive ketones (excluding diaryl/α,β-unsaturated/α-hetero) is 1. The third kappa shape index (κ3) is 5.41. The molecule has 180 valence electrons. The fourth-order valence-electron chi connectivity index (χ4n) is 4.09. The molecule has 0 aromatic heterocycles. The second-order valence-electron chi connectivity index (χ2n) is 8.28. The van der Waals surface area contributed by atoms with Crippen molar-refractivity contribution >= 4 is 40.0 Å². The number of hydrogen-bond donors (Lipinski definition) is 1. The topological polar surface area (TPSA) is 76.1 Å².